The van der Waals surface area contributed by atoms with Gasteiger partial charge in [-0.05, 0) is 44.9 Å². The second-order valence-electron chi connectivity index (χ2n) is 22.0. The van der Waals surface area contributed by atoms with Gasteiger partial charge >= 0.3 is 11.9 Å². The molecule has 0 heterocycles. The van der Waals surface area contributed by atoms with Gasteiger partial charge in [-0.15, -0.1) is 0 Å². The molecule has 0 radical (unpaired) electrons. The number of nitrogens with zero attached hydrogens (tertiary/aromatic N) is 1. The van der Waals surface area contributed by atoms with Gasteiger partial charge < -0.3 is 33.3 Å². The fourth-order valence-corrected chi connectivity index (χ4v) is 8.98. The van der Waals surface area contributed by atoms with E-state index in [2.05, 4.69) is 38.2 Å². The zero-order valence-electron chi connectivity index (χ0n) is 47.6. The zero-order valence-corrected chi connectivity index (χ0v) is 47.6. The molecule has 0 aromatic carbocycles. The minimum Gasteiger partial charge on any atom is -0.545 e. The van der Waals surface area contributed by atoms with E-state index in [0.29, 0.717) is 17.4 Å². The lowest BCUT2D eigenvalue weighted by Gasteiger charge is -2.26. The number of hydrogen-bond donors (Lipinski definition) is 0. The van der Waals surface area contributed by atoms with Gasteiger partial charge in [0.05, 0.1) is 40.3 Å². The maximum Gasteiger partial charge on any atom is 0.306 e. The molecule has 0 N–H and O–H groups in total. The van der Waals surface area contributed by atoms with Gasteiger partial charge in [-0.25, -0.2) is 0 Å². The quantitative estimate of drug-likeness (QED) is 0.0195. The molecule has 0 saturated heterocycles. The lowest BCUT2D eigenvalue weighted by Crippen LogP contribution is -2.44. The number of carbonyl (C=O) groups is 3. The maximum atomic E-state index is 12.9. The molecular formula is C62H117NO8. The van der Waals surface area contributed by atoms with Crippen LogP contribution in [-0.4, -0.2) is 82.3 Å². The van der Waals surface area contributed by atoms with Crippen LogP contribution in [0.2, 0.25) is 0 Å². The second-order valence-corrected chi connectivity index (χ2v) is 22.0. The lowest BCUT2D eigenvalue weighted by molar-refractivity contribution is -0.870. The molecule has 9 heteroatoms. The van der Waals surface area contributed by atoms with E-state index in [4.69, 9.17) is 18.9 Å². The van der Waals surface area contributed by atoms with E-state index in [0.717, 1.165) is 44.9 Å². The lowest BCUT2D eigenvalue weighted by atomic mass is 10.0. The Kier molecular flexibility index (Phi) is 52.3. The van der Waals surface area contributed by atoms with Crippen molar-refractivity contribution in [1.29, 1.82) is 0 Å². The molecule has 0 aliphatic heterocycles. The molecule has 0 aliphatic rings. The third-order valence-corrected chi connectivity index (χ3v) is 13.7. The number of carbonyl (C=O) groups excluding carboxylic acids is 3. The predicted molar refractivity (Wildman–Crippen MR) is 297 cm³/mol. The fourth-order valence-electron chi connectivity index (χ4n) is 8.98. The Bertz CT molecular complexity index is 1210. The second kappa shape index (κ2) is 54.0. The molecule has 71 heavy (non-hydrogen) atoms. The summed E-state index contributed by atoms with van der Waals surface area (Å²) in [6, 6.07) is 0. The van der Waals surface area contributed by atoms with Crippen molar-refractivity contribution in [2.24, 2.45) is 0 Å². The Morgan fingerprint density at radius 3 is 1.11 bits per heavy atom. The number of unbranched alkanes of at least 4 members (excludes halogenated alkanes) is 38. The molecule has 0 spiro atoms. The molecule has 0 aromatic rings. The third-order valence-electron chi connectivity index (χ3n) is 13.7. The molecular weight excluding hydrogens is 887 g/mol. The van der Waals surface area contributed by atoms with Crippen LogP contribution >= 0.6 is 0 Å². The smallest absolute Gasteiger partial charge is 0.306 e. The van der Waals surface area contributed by atoms with E-state index in [9.17, 15) is 19.5 Å². The number of esters is 2. The van der Waals surface area contributed by atoms with Crippen molar-refractivity contribution in [3.8, 4) is 0 Å². The van der Waals surface area contributed by atoms with Crippen LogP contribution < -0.4 is 5.11 Å². The van der Waals surface area contributed by atoms with Crippen molar-refractivity contribution in [2.45, 2.75) is 309 Å². The summed E-state index contributed by atoms with van der Waals surface area (Å²) in [7, 11) is 5.93. The first-order valence-electron chi connectivity index (χ1n) is 30.5. The van der Waals surface area contributed by atoms with Gasteiger partial charge in [0.1, 0.15) is 13.2 Å². The van der Waals surface area contributed by atoms with E-state index < -0.39 is 24.3 Å². The summed E-state index contributed by atoms with van der Waals surface area (Å²) in [4.78, 5) is 37.3. The molecule has 418 valence electrons. The van der Waals surface area contributed by atoms with E-state index in [1.165, 1.54) is 225 Å². The monoisotopic (exact) mass is 1000 g/mol. The Labute approximate surface area is 439 Å². The van der Waals surface area contributed by atoms with Crippen LogP contribution in [0.25, 0.3) is 0 Å². The number of allylic oxidation sites excluding steroid dienone is 4. The number of aliphatic carboxylic acids is 1. The maximum absolute atomic E-state index is 12.9. The van der Waals surface area contributed by atoms with Gasteiger partial charge in [0, 0.05) is 12.8 Å². The highest BCUT2D eigenvalue weighted by atomic mass is 16.7. The topological polar surface area (TPSA) is 111 Å². The Balaban J connectivity index is 4.08. The standard InChI is InChI=1S/C62H117NO8/c1-6-8-10-12-14-16-18-20-22-23-24-25-26-27-28-29-30-31-32-33-34-35-36-37-39-41-43-45-47-49-51-53-60(65)71-58(57-70-62(61(66)67)68-55-54-63(3,4)5)56-69-59(64)52-50-48-46-44-42-40-38-21-19-17-15-13-11-9-7-2/h18,20,23-24,58,62H,6-17,19,21-22,25-57H2,1-5H3/b20-18-,24-23-. The summed E-state index contributed by atoms with van der Waals surface area (Å²) in [5, 5.41) is 11.8. The number of ether oxygens (including phenoxy) is 4. The zero-order chi connectivity index (χ0) is 52.0. The van der Waals surface area contributed by atoms with Gasteiger partial charge in [-0.2, -0.15) is 0 Å². The summed E-state index contributed by atoms with van der Waals surface area (Å²) in [6.45, 7) is 4.79. The van der Waals surface area contributed by atoms with Crippen LogP contribution in [0.1, 0.15) is 296 Å². The number of hydrogen-bond acceptors (Lipinski definition) is 8. The van der Waals surface area contributed by atoms with Crippen molar-refractivity contribution >= 4 is 17.9 Å². The minimum atomic E-state index is -1.62. The SMILES string of the molecule is CCCCCCC/C=C\C/C=C\CCCCCCCCCCCCCCCCCCCCCC(=O)OC(COC(=O)CCCCCCCCCCCCCCCCC)COC(OCC[N+](C)(C)C)C(=O)[O-]. The number of rotatable bonds is 57. The summed E-state index contributed by atoms with van der Waals surface area (Å²) >= 11 is 0. The highest BCUT2D eigenvalue weighted by molar-refractivity contribution is 5.70. The molecule has 9 nitrogen and oxygen atoms in total. The average Bonchev–Trinajstić information content (AvgIpc) is 3.34. The number of carboxylic acid groups (broad SMARTS) is 1. The highest BCUT2D eigenvalue weighted by Crippen LogP contribution is 2.17. The molecule has 0 saturated carbocycles. The summed E-state index contributed by atoms with van der Waals surface area (Å²) in [5.74, 6) is -2.26. The minimum absolute atomic E-state index is 0.151. The Morgan fingerprint density at radius 1 is 0.423 bits per heavy atom. The number of likely N-dealkylation sites (N-methyl/N-ethyl adjacent to an activating group) is 1. The van der Waals surface area contributed by atoms with Crippen LogP contribution in [0, 0.1) is 0 Å². The normalized spacial score (nSPS) is 12.9. The van der Waals surface area contributed by atoms with E-state index in [1.807, 2.05) is 21.1 Å². The first kappa shape index (κ1) is 68.8. The largest absolute Gasteiger partial charge is 0.545 e. The molecule has 0 aliphatic carbocycles. The van der Waals surface area contributed by atoms with E-state index >= 15 is 0 Å². The first-order chi connectivity index (χ1) is 34.6. The predicted octanol–water partition coefficient (Wildman–Crippen LogP) is 16.6. The summed E-state index contributed by atoms with van der Waals surface area (Å²) in [5.41, 5.74) is 0. The number of quaternary nitrogens is 1. The van der Waals surface area contributed by atoms with Gasteiger partial charge in [0.25, 0.3) is 0 Å². The van der Waals surface area contributed by atoms with Crippen molar-refractivity contribution in [1.82, 2.24) is 0 Å². The Hall–Kier alpha value is -2.23. The van der Waals surface area contributed by atoms with Crippen molar-refractivity contribution in [2.75, 3.05) is 47.5 Å². The van der Waals surface area contributed by atoms with Crippen LogP contribution in [0.3, 0.4) is 0 Å². The summed E-state index contributed by atoms with van der Waals surface area (Å²) in [6.07, 6.45) is 61.0. The van der Waals surface area contributed by atoms with Gasteiger partial charge in [-0.1, -0.05) is 263 Å². The molecule has 0 rings (SSSR count). The van der Waals surface area contributed by atoms with Crippen LogP contribution in [0.15, 0.2) is 24.3 Å². The molecule has 0 bridgehead atoms. The van der Waals surface area contributed by atoms with Crippen LogP contribution in [-0.2, 0) is 33.3 Å². The highest BCUT2D eigenvalue weighted by Gasteiger charge is 2.22. The molecule has 2 unspecified atom stereocenters. The molecule has 2 atom stereocenters. The average molecular weight is 1000 g/mol. The Morgan fingerprint density at radius 2 is 0.761 bits per heavy atom. The van der Waals surface area contributed by atoms with Gasteiger partial charge in [0.15, 0.2) is 12.4 Å². The fraction of sp³-hybridized carbons (Fsp3) is 0.887. The van der Waals surface area contributed by atoms with E-state index in [1.54, 1.807) is 0 Å². The van der Waals surface area contributed by atoms with Crippen molar-refractivity contribution < 1.29 is 42.9 Å². The third kappa shape index (κ3) is 55.4. The number of carboxylic acids is 1. The summed E-state index contributed by atoms with van der Waals surface area (Å²) < 4.78 is 22.7. The van der Waals surface area contributed by atoms with Crippen LogP contribution in [0.5, 0.6) is 0 Å². The van der Waals surface area contributed by atoms with Gasteiger partial charge in [0.2, 0.25) is 0 Å². The molecule has 0 aromatic heterocycles. The van der Waals surface area contributed by atoms with E-state index in [-0.39, 0.29) is 32.2 Å². The molecule has 0 fully saturated rings. The van der Waals surface area contributed by atoms with Crippen molar-refractivity contribution in [3.05, 3.63) is 24.3 Å². The van der Waals surface area contributed by atoms with Crippen molar-refractivity contribution in [3.63, 3.8) is 0 Å². The molecule has 0 amide bonds. The first-order valence-corrected chi connectivity index (χ1v) is 30.5. The van der Waals surface area contributed by atoms with Gasteiger partial charge in [-0.3, -0.25) is 9.59 Å². The van der Waals surface area contributed by atoms with Crippen LogP contribution in [0.4, 0.5) is 0 Å².